The Bertz CT molecular complexity index is 318. The number of aliphatic hydroxyl groups excluding tert-OH is 1. The van der Waals surface area contributed by atoms with Crippen molar-refractivity contribution in [2.24, 2.45) is 0 Å². The Morgan fingerprint density at radius 2 is 2.07 bits per heavy atom. The first-order valence-corrected chi connectivity index (χ1v) is 4.77. The number of hydrogen-bond acceptors (Lipinski definition) is 4. The summed E-state index contributed by atoms with van der Waals surface area (Å²) in [7, 11) is 0. The standard InChI is InChI=1S/C11H14O4/c1-2-7-15-9-5-3-8(4-6-9)10(12)11(13)14/h3-6,10,12H,2,7H2,1H3,(H,13,14)/p-1/t10-/m0/s1. The van der Waals surface area contributed by atoms with Gasteiger partial charge in [-0.25, -0.2) is 0 Å². The van der Waals surface area contributed by atoms with Crippen LogP contribution in [0.2, 0.25) is 0 Å². The van der Waals surface area contributed by atoms with Crippen LogP contribution < -0.4 is 9.84 Å². The van der Waals surface area contributed by atoms with Crippen molar-refractivity contribution in [3.8, 4) is 5.75 Å². The summed E-state index contributed by atoms with van der Waals surface area (Å²) in [6.45, 7) is 2.61. The van der Waals surface area contributed by atoms with E-state index in [9.17, 15) is 9.90 Å². The topological polar surface area (TPSA) is 69.6 Å². The highest BCUT2D eigenvalue weighted by atomic mass is 16.5. The number of ether oxygens (including phenoxy) is 1. The number of aliphatic hydroxyl groups is 1. The largest absolute Gasteiger partial charge is 0.547 e. The first-order valence-electron chi connectivity index (χ1n) is 4.77. The number of aliphatic carboxylic acids is 1. The minimum Gasteiger partial charge on any atom is -0.547 e. The minimum absolute atomic E-state index is 0.291. The lowest BCUT2D eigenvalue weighted by atomic mass is 10.1. The molecule has 0 aliphatic rings. The smallest absolute Gasteiger partial charge is 0.119 e. The van der Waals surface area contributed by atoms with Gasteiger partial charge in [0.2, 0.25) is 0 Å². The summed E-state index contributed by atoms with van der Waals surface area (Å²) >= 11 is 0. The molecule has 0 aliphatic heterocycles. The maximum Gasteiger partial charge on any atom is 0.119 e. The third kappa shape index (κ3) is 3.25. The van der Waals surface area contributed by atoms with Gasteiger partial charge >= 0.3 is 0 Å². The van der Waals surface area contributed by atoms with Crippen molar-refractivity contribution in [3.05, 3.63) is 29.8 Å². The molecule has 0 fully saturated rings. The van der Waals surface area contributed by atoms with Gasteiger partial charge in [-0.3, -0.25) is 0 Å². The van der Waals surface area contributed by atoms with Gasteiger partial charge in [0.1, 0.15) is 11.9 Å². The molecule has 0 saturated heterocycles. The van der Waals surface area contributed by atoms with Gasteiger partial charge in [0.15, 0.2) is 0 Å². The molecule has 4 nitrogen and oxygen atoms in total. The Morgan fingerprint density at radius 1 is 1.47 bits per heavy atom. The zero-order valence-electron chi connectivity index (χ0n) is 8.47. The zero-order chi connectivity index (χ0) is 11.3. The van der Waals surface area contributed by atoms with Crippen molar-refractivity contribution in [1.82, 2.24) is 0 Å². The first kappa shape index (κ1) is 11.5. The van der Waals surface area contributed by atoms with Gasteiger partial charge in [-0.05, 0) is 24.1 Å². The third-order valence-corrected chi connectivity index (χ3v) is 1.89. The lowest BCUT2D eigenvalue weighted by Crippen LogP contribution is -2.29. The molecule has 0 aromatic heterocycles. The zero-order valence-corrected chi connectivity index (χ0v) is 8.47. The molecule has 82 valence electrons. The Balaban J connectivity index is 2.67. The van der Waals surface area contributed by atoms with Gasteiger partial charge in [-0.2, -0.15) is 0 Å². The number of carboxylic acid groups (broad SMARTS) is 1. The summed E-state index contributed by atoms with van der Waals surface area (Å²) < 4.78 is 5.31. The van der Waals surface area contributed by atoms with Crippen molar-refractivity contribution in [3.63, 3.8) is 0 Å². The number of benzene rings is 1. The summed E-state index contributed by atoms with van der Waals surface area (Å²) in [6, 6.07) is 6.26. The van der Waals surface area contributed by atoms with Crippen molar-refractivity contribution < 1.29 is 19.7 Å². The van der Waals surface area contributed by atoms with E-state index in [1.165, 1.54) is 12.1 Å². The molecule has 0 amide bonds. The lowest BCUT2D eigenvalue weighted by molar-refractivity contribution is -0.315. The van der Waals surface area contributed by atoms with Crippen LogP contribution in [-0.4, -0.2) is 17.7 Å². The second-order valence-corrected chi connectivity index (χ2v) is 3.14. The normalized spacial score (nSPS) is 12.1. The molecule has 0 radical (unpaired) electrons. The lowest BCUT2D eigenvalue weighted by Gasteiger charge is -2.12. The van der Waals surface area contributed by atoms with E-state index < -0.39 is 12.1 Å². The van der Waals surface area contributed by atoms with E-state index in [2.05, 4.69) is 0 Å². The molecule has 0 bridgehead atoms. The molecule has 0 saturated carbocycles. The molecular weight excluding hydrogens is 196 g/mol. The van der Waals surface area contributed by atoms with Gasteiger partial charge < -0.3 is 19.7 Å². The molecule has 4 heteroatoms. The van der Waals surface area contributed by atoms with Gasteiger partial charge in [0.25, 0.3) is 0 Å². The van der Waals surface area contributed by atoms with E-state index in [1.54, 1.807) is 12.1 Å². The highest BCUT2D eigenvalue weighted by Crippen LogP contribution is 2.17. The van der Waals surface area contributed by atoms with Crippen LogP contribution >= 0.6 is 0 Å². The van der Waals surface area contributed by atoms with Crippen LogP contribution in [0, 0.1) is 0 Å². The van der Waals surface area contributed by atoms with Gasteiger partial charge in [-0.15, -0.1) is 0 Å². The maximum atomic E-state index is 10.4. The van der Waals surface area contributed by atoms with Crippen LogP contribution in [-0.2, 0) is 4.79 Å². The molecule has 1 aromatic carbocycles. The molecule has 0 unspecified atom stereocenters. The average Bonchev–Trinajstić information content (AvgIpc) is 2.26. The van der Waals surface area contributed by atoms with E-state index >= 15 is 0 Å². The van der Waals surface area contributed by atoms with Crippen LogP contribution in [0.5, 0.6) is 5.75 Å². The van der Waals surface area contributed by atoms with Crippen LogP contribution in [0.25, 0.3) is 0 Å². The Kier molecular flexibility index (Phi) is 4.12. The summed E-state index contributed by atoms with van der Waals surface area (Å²) in [6.07, 6.45) is -0.672. The molecule has 15 heavy (non-hydrogen) atoms. The highest BCUT2D eigenvalue weighted by Gasteiger charge is 2.07. The van der Waals surface area contributed by atoms with Crippen molar-refractivity contribution in [2.45, 2.75) is 19.4 Å². The molecule has 1 aromatic rings. The fraction of sp³-hybridized carbons (Fsp3) is 0.364. The van der Waals surface area contributed by atoms with E-state index in [1.807, 2.05) is 6.92 Å². The second-order valence-electron chi connectivity index (χ2n) is 3.14. The summed E-state index contributed by atoms with van der Waals surface area (Å²) in [5.74, 6) is -0.844. The molecule has 1 N–H and O–H groups in total. The third-order valence-electron chi connectivity index (χ3n) is 1.89. The van der Waals surface area contributed by atoms with Gasteiger partial charge in [-0.1, -0.05) is 19.1 Å². The van der Waals surface area contributed by atoms with Crippen LogP contribution in [0.15, 0.2) is 24.3 Å². The van der Waals surface area contributed by atoms with Crippen LogP contribution in [0.4, 0.5) is 0 Å². The average molecular weight is 209 g/mol. The highest BCUT2D eigenvalue weighted by molar-refractivity contribution is 5.71. The SMILES string of the molecule is CCCOc1ccc([C@H](O)C(=O)[O-])cc1. The predicted octanol–water partition coefficient (Wildman–Crippen LogP) is 0.259. The molecular formula is C11H13O4-. The van der Waals surface area contributed by atoms with E-state index in [0.29, 0.717) is 17.9 Å². The number of carbonyl (C=O) groups excluding carboxylic acids is 1. The van der Waals surface area contributed by atoms with Crippen LogP contribution in [0.1, 0.15) is 25.0 Å². The molecule has 0 heterocycles. The molecule has 1 atom stereocenters. The summed E-state index contributed by atoms with van der Waals surface area (Å²) in [4.78, 5) is 10.4. The maximum absolute atomic E-state index is 10.4. The number of carbonyl (C=O) groups is 1. The van der Waals surface area contributed by atoms with E-state index in [-0.39, 0.29) is 0 Å². The van der Waals surface area contributed by atoms with Gasteiger partial charge in [0, 0.05) is 0 Å². The number of hydrogen-bond donors (Lipinski definition) is 1. The number of rotatable bonds is 5. The fourth-order valence-corrected chi connectivity index (χ4v) is 1.10. The Hall–Kier alpha value is -1.55. The summed E-state index contributed by atoms with van der Waals surface area (Å²) in [5.41, 5.74) is 0.291. The number of carboxylic acids is 1. The van der Waals surface area contributed by atoms with Crippen LogP contribution in [0.3, 0.4) is 0 Å². The van der Waals surface area contributed by atoms with Gasteiger partial charge in [0.05, 0.1) is 12.6 Å². The Morgan fingerprint density at radius 3 is 2.53 bits per heavy atom. The van der Waals surface area contributed by atoms with E-state index in [0.717, 1.165) is 6.42 Å². The first-order chi connectivity index (χ1) is 7.15. The molecule has 1 rings (SSSR count). The summed E-state index contributed by atoms with van der Waals surface area (Å²) in [5, 5.41) is 19.5. The van der Waals surface area contributed by atoms with Crippen molar-refractivity contribution in [2.75, 3.05) is 6.61 Å². The molecule has 0 spiro atoms. The van der Waals surface area contributed by atoms with Crippen molar-refractivity contribution in [1.29, 1.82) is 0 Å². The van der Waals surface area contributed by atoms with Crippen molar-refractivity contribution >= 4 is 5.97 Å². The quantitative estimate of drug-likeness (QED) is 0.755. The second kappa shape index (κ2) is 5.36. The minimum atomic E-state index is -1.58. The molecule has 0 aliphatic carbocycles. The van der Waals surface area contributed by atoms with E-state index in [4.69, 9.17) is 9.84 Å². The predicted molar refractivity (Wildman–Crippen MR) is 52.2 cm³/mol. The Labute approximate surface area is 88.1 Å². The monoisotopic (exact) mass is 209 g/mol. The fourth-order valence-electron chi connectivity index (χ4n) is 1.10.